The molecule has 0 aliphatic heterocycles. The molecule has 0 fully saturated rings. The summed E-state index contributed by atoms with van der Waals surface area (Å²) < 4.78 is 88.9. The van der Waals surface area contributed by atoms with E-state index in [9.17, 15) is 40.3 Å². The van der Waals surface area contributed by atoms with Crippen LogP contribution in [0.2, 0.25) is 0 Å². The second kappa shape index (κ2) is 5.46. The third kappa shape index (κ3) is 3.12. The predicted molar refractivity (Wildman–Crippen MR) is 56.0 cm³/mol. The summed E-state index contributed by atoms with van der Waals surface area (Å²) in [7, 11) is 0. The molecule has 1 unspecified atom stereocenters. The van der Waals surface area contributed by atoms with Gasteiger partial charge < -0.3 is 10.4 Å². The molecule has 0 saturated carbocycles. The van der Waals surface area contributed by atoms with Gasteiger partial charge in [-0.3, -0.25) is 4.79 Å². The van der Waals surface area contributed by atoms with Crippen molar-refractivity contribution < 1.29 is 45.4 Å². The molecule has 2 N–H and O–H groups in total. The van der Waals surface area contributed by atoms with Gasteiger partial charge in [-0.1, -0.05) is 12.1 Å². The van der Waals surface area contributed by atoms with Gasteiger partial charge >= 0.3 is 24.2 Å². The number of hydrogen-bond acceptors (Lipinski definition) is 2. The number of hydrogen-bond donors (Lipinski definition) is 2. The van der Waals surface area contributed by atoms with E-state index >= 15 is 0 Å². The first-order valence-electron chi connectivity index (χ1n) is 5.28. The molecule has 0 radical (unpaired) electrons. The topological polar surface area (TPSA) is 66.4 Å². The fraction of sp³-hybridized carbons (Fsp3) is 0.273. The Balaban J connectivity index is 3.57. The highest BCUT2D eigenvalue weighted by Gasteiger charge is 2.65. The average molecular weight is 333 g/mol. The van der Waals surface area contributed by atoms with Crippen LogP contribution in [0.3, 0.4) is 0 Å². The molecule has 0 aromatic heterocycles. The number of amides is 1. The van der Waals surface area contributed by atoms with Crippen molar-refractivity contribution in [3.8, 4) is 0 Å². The number of carbonyl (C=O) groups excluding carboxylic acids is 1. The molecule has 0 spiro atoms. The zero-order chi connectivity index (χ0) is 17.3. The normalized spacial score (nSPS) is 15.0. The molecule has 1 aromatic rings. The first-order chi connectivity index (χ1) is 9.82. The maximum atomic E-state index is 13.1. The first-order valence-corrected chi connectivity index (χ1v) is 5.28. The third-order valence-corrected chi connectivity index (χ3v) is 2.56. The number of alkyl halides is 6. The summed E-state index contributed by atoms with van der Waals surface area (Å²) in [6.07, 6.45) is -11.6. The van der Waals surface area contributed by atoms with Crippen molar-refractivity contribution in [2.45, 2.75) is 17.9 Å². The summed E-state index contributed by atoms with van der Waals surface area (Å²) in [6.45, 7) is 0. The second-order valence-corrected chi connectivity index (χ2v) is 4.02. The zero-order valence-corrected chi connectivity index (χ0v) is 10.2. The van der Waals surface area contributed by atoms with E-state index < -0.39 is 41.1 Å². The van der Waals surface area contributed by atoms with Gasteiger partial charge in [0.2, 0.25) is 0 Å². The summed E-state index contributed by atoms with van der Waals surface area (Å²) in [5.74, 6) is -7.30. The molecule has 22 heavy (non-hydrogen) atoms. The Kier molecular flexibility index (Phi) is 4.40. The van der Waals surface area contributed by atoms with Crippen LogP contribution in [0, 0.1) is 5.82 Å². The van der Waals surface area contributed by atoms with E-state index in [2.05, 4.69) is 0 Å². The Morgan fingerprint density at radius 1 is 1.05 bits per heavy atom. The van der Waals surface area contributed by atoms with E-state index in [1.807, 2.05) is 0 Å². The number of aliphatic carboxylic acids is 1. The predicted octanol–water partition coefficient (Wildman–Crippen LogP) is 2.35. The van der Waals surface area contributed by atoms with E-state index in [0.29, 0.717) is 23.5 Å². The van der Waals surface area contributed by atoms with Gasteiger partial charge in [-0.15, -0.1) is 0 Å². The third-order valence-electron chi connectivity index (χ3n) is 2.56. The molecular weight excluding hydrogens is 327 g/mol. The molecule has 0 aliphatic rings. The van der Waals surface area contributed by atoms with Crippen LogP contribution >= 0.6 is 0 Å². The Morgan fingerprint density at radius 3 is 1.95 bits per heavy atom. The van der Waals surface area contributed by atoms with Crippen LogP contribution in [0.25, 0.3) is 0 Å². The van der Waals surface area contributed by atoms with Crippen molar-refractivity contribution in [1.82, 2.24) is 5.32 Å². The van der Waals surface area contributed by atoms with E-state index in [4.69, 9.17) is 5.11 Å². The maximum absolute atomic E-state index is 13.1. The number of carboxylic acids is 1. The highest BCUT2D eigenvalue weighted by Crippen LogP contribution is 2.40. The molecule has 0 heterocycles. The number of nitrogens with one attached hydrogen (secondary N) is 1. The Morgan fingerprint density at radius 2 is 1.59 bits per heavy atom. The standard InChI is InChI=1S/C11H6F7NO3/c12-6-3-1-2-5(4-6)9(8(21)22,11(16,17)18)19-7(20)10(13,14)15/h1-4H,(H,19,20)(H,21,22). The number of carboxylic acid groups (broad SMARTS) is 1. The zero-order valence-electron chi connectivity index (χ0n) is 10.2. The lowest BCUT2D eigenvalue weighted by Crippen LogP contribution is -2.63. The van der Waals surface area contributed by atoms with Crippen molar-refractivity contribution in [3.05, 3.63) is 35.6 Å². The van der Waals surface area contributed by atoms with Crippen LogP contribution in [0.15, 0.2) is 24.3 Å². The molecule has 1 aromatic carbocycles. The van der Waals surface area contributed by atoms with Crippen LogP contribution in [-0.2, 0) is 15.1 Å². The smallest absolute Gasteiger partial charge is 0.471 e. The van der Waals surface area contributed by atoms with Gasteiger partial charge in [-0.25, -0.2) is 9.18 Å². The lowest BCUT2D eigenvalue weighted by Gasteiger charge is -2.33. The van der Waals surface area contributed by atoms with Crippen molar-refractivity contribution >= 4 is 11.9 Å². The van der Waals surface area contributed by atoms with Crippen molar-refractivity contribution in [2.24, 2.45) is 0 Å². The highest BCUT2D eigenvalue weighted by atomic mass is 19.4. The molecular formula is C11H6F7NO3. The van der Waals surface area contributed by atoms with E-state index in [1.54, 1.807) is 0 Å². The summed E-state index contributed by atoms with van der Waals surface area (Å²) in [6, 6.07) is 1.81. The molecule has 0 bridgehead atoms. The minimum Gasteiger partial charge on any atom is -0.479 e. The fourth-order valence-electron chi connectivity index (χ4n) is 1.57. The van der Waals surface area contributed by atoms with Crippen molar-refractivity contribution in [2.75, 3.05) is 0 Å². The maximum Gasteiger partial charge on any atom is 0.471 e. The van der Waals surface area contributed by atoms with Crippen LogP contribution in [0.1, 0.15) is 5.56 Å². The van der Waals surface area contributed by atoms with Gasteiger partial charge in [0.1, 0.15) is 5.82 Å². The van der Waals surface area contributed by atoms with Gasteiger partial charge in [0.05, 0.1) is 0 Å². The monoisotopic (exact) mass is 333 g/mol. The average Bonchev–Trinajstić information content (AvgIpc) is 2.32. The second-order valence-electron chi connectivity index (χ2n) is 4.02. The van der Waals surface area contributed by atoms with Gasteiger partial charge in [0.25, 0.3) is 5.54 Å². The number of rotatable bonds is 3. The summed E-state index contributed by atoms with van der Waals surface area (Å²) in [5.41, 5.74) is -5.85. The van der Waals surface area contributed by atoms with Gasteiger partial charge in [-0.05, 0) is 12.1 Å². The lowest BCUT2D eigenvalue weighted by atomic mass is 9.88. The molecule has 1 amide bonds. The van der Waals surface area contributed by atoms with Crippen LogP contribution in [-0.4, -0.2) is 29.3 Å². The first kappa shape index (κ1) is 17.7. The fourth-order valence-corrected chi connectivity index (χ4v) is 1.57. The van der Waals surface area contributed by atoms with E-state index in [-0.39, 0.29) is 6.07 Å². The number of carbonyl (C=O) groups is 2. The van der Waals surface area contributed by atoms with E-state index in [0.717, 1.165) is 0 Å². The Hall–Kier alpha value is -2.33. The Bertz CT molecular complexity index is 596. The largest absolute Gasteiger partial charge is 0.479 e. The van der Waals surface area contributed by atoms with Crippen LogP contribution < -0.4 is 5.32 Å². The minimum atomic E-state index is -5.87. The quantitative estimate of drug-likeness (QED) is 0.835. The number of halogens is 7. The molecule has 1 atom stereocenters. The van der Waals surface area contributed by atoms with Gasteiger partial charge in [0, 0.05) is 5.56 Å². The van der Waals surface area contributed by atoms with Crippen LogP contribution in [0.4, 0.5) is 30.7 Å². The van der Waals surface area contributed by atoms with Gasteiger partial charge in [-0.2, -0.15) is 26.3 Å². The van der Waals surface area contributed by atoms with Crippen molar-refractivity contribution in [3.63, 3.8) is 0 Å². The molecule has 0 aliphatic carbocycles. The highest BCUT2D eigenvalue weighted by molar-refractivity contribution is 5.91. The summed E-state index contributed by atoms with van der Waals surface area (Å²) in [5, 5.41) is 9.19. The molecule has 0 saturated heterocycles. The van der Waals surface area contributed by atoms with E-state index in [1.165, 1.54) is 0 Å². The van der Waals surface area contributed by atoms with Gasteiger partial charge in [0.15, 0.2) is 0 Å². The molecule has 122 valence electrons. The Labute approximate surface area is 117 Å². The molecule has 11 heteroatoms. The molecule has 1 rings (SSSR count). The summed E-state index contributed by atoms with van der Waals surface area (Å²) >= 11 is 0. The van der Waals surface area contributed by atoms with Crippen molar-refractivity contribution in [1.29, 1.82) is 0 Å². The lowest BCUT2D eigenvalue weighted by molar-refractivity contribution is -0.221. The summed E-state index contributed by atoms with van der Waals surface area (Å²) in [4.78, 5) is 21.8. The number of benzene rings is 1. The van der Waals surface area contributed by atoms with Crippen LogP contribution in [0.5, 0.6) is 0 Å². The minimum absolute atomic E-state index is 0.0677. The SMILES string of the molecule is O=C(NC(C(=O)O)(c1cccc(F)c1)C(F)(F)F)C(F)(F)F. The molecule has 4 nitrogen and oxygen atoms in total.